The fourth-order valence-electron chi connectivity index (χ4n) is 3.35. The molecule has 4 rings (SSSR count). The van der Waals surface area contributed by atoms with Crippen LogP contribution in [0.25, 0.3) is 10.9 Å². The molecule has 28 heavy (non-hydrogen) atoms. The molecule has 0 unspecified atom stereocenters. The lowest BCUT2D eigenvalue weighted by Gasteiger charge is -2.13. The average Bonchev–Trinajstić information content (AvgIpc) is 3.14. The largest absolute Gasteiger partial charge is 0.489 e. The third-order valence-electron chi connectivity index (χ3n) is 4.82. The second-order valence-corrected chi connectivity index (χ2v) is 7.25. The summed E-state index contributed by atoms with van der Waals surface area (Å²) < 4.78 is 6.04. The van der Waals surface area contributed by atoms with Crippen LogP contribution in [0.2, 0.25) is 5.02 Å². The van der Waals surface area contributed by atoms with E-state index >= 15 is 0 Å². The summed E-state index contributed by atoms with van der Waals surface area (Å²) in [5, 5.41) is 5.53. The van der Waals surface area contributed by atoms with Crippen molar-refractivity contribution in [3.8, 4) is 5.75 Å². The molecular formula is C24H23ClN2O. The topological polar surface area (TPSA) is 37.0 Å². The van der Waals surface area contributed by atoms with E-state index in [-0.39, 0.29) is 0 Å². The molecule has 1 heterocycles. The van der Waals surface area contributed by atoms with Gasteiger partial charge < -0.3 is 15.0 Å². The van der Waals surface area contributed by atoms with Crippen LogP contribution in [-0.4, -0.2) is 11.5 Å². The van der Waals surface area contributed by atoms with E-state index in [0.717, 1.165) is 34.9 Å². The number of fused-ring (bicyclic) bond motifs is 1. The van der Waals surface area contributed by atoms with Gasteiger partial charge in [-0.15, -0.1) is 0 Å². The van der Waals surface area contributed by atoms with E-state index in [1.165, 1.54) is 16.5 Å². The van der Waals surface area contributed by atoms with Gasteiger partial charge >= 0.3 is 0 Å². The van der Waals surface area contributed by atoms with E-state index < -0.39 is 0 Å². The van der Waals surface area contributed by atoms with E-state index in [4.69, 9.17) is 16.3 Å². The fraction of sp³-hybridized carbons (Fsp3) is 0.167. The van der Waals surface area contributed by atoms with Gasteiger partial charge in [0, 0.05) is 34.2 Å². The number of hydrogen-bond donors (Lipinski definition) is 2. The standard InChI is InChI=1S/C24H23ClN2O/c25-21-10-11-24(28-17-18-6-2-1-3-7-18)20(14-21)15-26-13-12-19-16-27-23-9-5-4-8-22(19)23/h1-11,14,16,26-27H,12-13,15,17H2. The highest BCUT2D eigenvalue weighted by molar-refractivity contribution is 6.30. The summed E-state index contributed by atoms with van der Waals surface area (Å²) in [5.74, 6) is 0.868. The first-order valence-electron chi connectivity index (χ1n) is 9.50. The molecule has 1 aromatic heterocycles. The van der Waals surface area contributed by atoms with Crippen molar-refractivity contribution >= 4 is 22.5 Å². The molecule has 0 radical (unpaired) electrons. The molecule has 0 aliphatic carbocycles. The number of benzene rings is 3. The molecule has 0 saturated carbocycles. The number of aromatic amines is 1. The Bertz CT molecular complexity index is 1040. The predicted octanol–water partition coefficient (Wildman–Crippen LogP) is 5.73. The van der Waals surface area contributed by atoms with Crippen molar-refractivity contribution in [2.75, 3.05) is 6.54 Å². The van der Waals surface area contributed by atoms with Crippen LogP contribution in [0, 0.1) is 0 Å². The van der Waals surface area contributed by atoms with Crippen molar-refractivity contribution < 1.29 is 4.74 Å². The third kappa shape index (κ3) is 4.56. The highest BCUT2D eigenvalue weighted by atomic mass is 35.5. The van der Waals surface area contributed by atoms with Gasteiger partial charge in [-0.3, -0.25) is 0 Å². The van der Waals surface area contributed by atoms with Crippen LogP contribution in [-0.2, 0) is 19.6 Å². The van der Waals surface area contributed by atoms with E-state index in [1.807, 2.05) is 36.4 Å². The highest BCUT2D eigenvalue weighted by Gasteiger charge is 2.07. The Morgan fingerprint density at radius 1 is 0.893 bits per heavy atom. The van der Waals surface area contributed by atoms with Crippen molar-refractivity contribution in [3.05, 3.63) is 101 Å². The Morgan fingerprint density at radius 3 is 2.61 bits per heavy atom. The van der Waals surface area contributed by atoms with Crippen LogP contribution >= 0.6 is 11.6 Å². The first-order chi connectivity index (χ1) is 13.8. The molecule has 142 valence electrons. The van der Waals surface area contributed by atoms with Crippen LogP contribution in [0.3, 0.4) is 0 Å². The van der Waals surface area contributed by atoms with Gasteiger partial charge in [0.2, 0.25) is 0 Å². The van der Waals surface area contributed by atoms with Crippen LogP contribution < -0.4 is 10.1 Å². The Labute approximate surface area is 170 Å². The van der Waals surface area contributed by atoms with Gasteiger partial charge in [-0.05, 0) is 48.4 Å². The summed E-state index contributed by atoms with van der Waals surface area (Å²) in [7, 11) is 0. The van der Waals surface area contributed by atoms with E-state index in [2.05, 4.69) is 52.9 Å². The lowest BCUT2D eigenvalue weighted by atomic mass is 10.1. The van der Waals surface area contributed by atoms with E-state index in [9.17, 15) is 0 Å². The van der Waals surface area contributed by atoms with Gasteiger partial charge in [0.25, 0.3) is 0 Å². The molecule has 0 spiro atoms. The molecule has 3 aromatic carbocycles. The fourth-order valence-corrected chi connectivity index (χ4v) is 3.54. The molecular weight excluding hydrogens is 368 g/mol. The van der Waals surface area contributed by atoms with Crippen molar-refractivity contribution in [1.82, 2.24) is 10.3 Å². The summed E-state index contributed by atoms with van der Waals surface area (Å²) in [4.78, 5) is 3.33. The predicted molar refractivity (Wildman–Crippen MR) is 116 cm³/mol. The monoisotopic (exact) mass is 390 g/mol. The van der Waals surface area contributed by atoms with Gasteiger partial charge in [-0.25, -0.2) is 0 Å². The minimum Gasteiger partial charge on any atom is -0.489 e. The van der Waals surface area contributed by atoms with Crippen molar-refractivity contribution in [2.24, 2.45) is 0 Å². The Hall–Kier alpha value is -2.75. The first kappa shape index (κ1) is 18.6. The minimum atomic E-state index is 0.546. The number of aromatic nitrogens is 1. The molecule has 3 nitrogen and oxygen atoms in total. The maximum absolute atomic E-state index is 6.21. The molecule has 4 aromatic rings. The zero-order valence-corrected chi connectivity index (χ0v) is 16.4. The molecule has 0 atom stereocenters. The average molecular weight is 391 g/mol. The summed E-state index contributed by atoms with van der Waals surface area (Å²) in [5.41, 5.74) is 4.73. The van der Waals surface area contributed by atoms with Gasteiger partial charge in [-0.1, -0.05) is 60.1 Å². The quantitative estimate of drug-likeness (QED) is 0.377. The Morgan fingerprint density at radius 2 is 1.71 bits per heavy atom. The second-order valence-electron chi connectivity index (χ2n) is 6.81. The third-order valence-corrected chi connectivity index (χ3v) is 5.06. The zero-order chi connectivity index (χ0) is 19.2. The first-order valence-corrected chi connectivity index (χ1v) is 9.88. The van der Waals surface area contributed by atoms with E-state index in [1.54, 1.807) is 0 Å². The van der Waals surface area contributed by atoms with Crippen LogP contribution in [0.4, 0.5) is 0 Å². The maximum atomic E-state index is 6.21. The summed E-state index contributed by atoms with van der Waals surface area (Å²) >= 11 is 6.21. The molecule has 0 aliphatic rings. The molecule has 0 amide bonds. The maximum Gasteiger partial charge on any atom is 0.124 e. The number of halogens is 1. The smallest absolute Gasteiger partial charge is 0.124 e. The SMILES string of the molecule is Clc1ccc(OCc2ccccc2)c(CNCCc2c[nH]c3ccccc23)c1. The lowest BCUT2D eigenvalue weighted by molar-refractivity contribution is 0.302. The van der Waals surface area contributed by atoms with Gasteiger partial charge in [0.1, 0.15) is 12.4 Å². The Balaban J connectivity index is 1.35. The number of rotatable bonds is 8. The number of para-hydroxylation sites is 1. The Kier molecular flexibility index (Phi) is 5.95. The van der Waals surface area contributed by atoms with Gasteiger partial charge in [-0.2, -0.15) is 0 Å². The lowest BCUT2D eigenvalue weighted by Crippen LogP contribution is -2.17. The second kappa shape index (κ2) is 8.96. The van der Waals surface area contributed by atoms with Gasteiger partial charge in [0.15, 0.2) is 0 Å². The van der Waals surface area contributed by atoms with Crippen molar-refractivity contribution in [2.45, 2.75) is 19.6 Å². The van der Waals surface area contributed by atoms with Crippen LogP contribution in [0.5, 0.6) is 5.75 Å². The molecule has 4 heteroatoms. The van der Waals surface area contributed by atoms with Crippen LogP contribution in [0.15, 0.2) is 79.0 Å². The molecule has 0 bridgehead atoms. The molecule has 2 N–H and O–H groups in total. The molecule has 0 aliphatic heterocycles. The number of ether oxygens (including phenoxy) is 1. The van der Waals surface area contributed by atoms with Crippen molar-refractivity contribution in [1.29, 1.82) is 0 Å². The summed E-state index contributed by atoms with van der Waals surface area (Å²) in [6.45, 7) is 2.14. The normalized spacial score (nSPS) is 11.0. The number of nitrogens with one attached hydrogen (secondary N) is 2. The van der Waals surface area contributed by atoms with Crippen LogP contribution in [0.1, 0.15) is 16.7 Å². The molecule has 0 fully saturated rings. The van der Waals surface area contributed by atoms with E-state index in [0.29, 0.717) is 13.2 Å². The van der Waals surface area contributed by atoms with Gasteiger partial charge in [0.05, 0.1) is 0 Å². The summed E-state index contributed by atoms with van der Waals surface area (Å²) in [6.07, 6.45) is 3.06. The zero-order valence-electron chi connectivity index (χ0n) is 15.6. The minimum absolute atomic E-state index is 0.546. The van der Waals surface area contributed by atoms with Crippen molar-refractivity contribution in [3.63, 3.8) is 0 Å². The summed E-state index contributed by atoms with van der Waals surface area (Å²) in [6, 6.07) is 24.4. The number of H-pyrrole nitrogens is 1. The number of hydrogen-bond acceptors (Lipinski definition) is 2. The highest BCUT2D eigenvalue weighted by Crippen LogP contribution is 2.24. The molecule has 0 saturated heterocycles.